The molecular weight excluding hydrogens is 250 g/mol. The molecule has 18 heavy (non-hydrogen) atoms. The van der Waals surface area contributed by atoms with Gasteiger partial charge in [0.05, 0.1) is 19.3 Å². The van der Waals surface area contributed by atoms with Crippen LogP contribution in [0.1, 0.15) is 12.7 Å². The molecule has 1 aromatic heterocycles. The average Bonchev–Trinajstić information content (AvgIpc) is 2.70. The van der Waals surface area contributed by atoms with Crippen molar-refractivity contribution in [3.05, 3.63) is 41.4 Å². The number of rotatable bonds is 5. The number of hydrogen-bond donors (Lipinski definition) is 1. The molecule has 0 aliphatic carbocycles. The standard InChI is InChI=1S/C13H16ClN3O/c1-3-18-11-6-4-10(5-7-11)15-9-13-16-8-12(14)17(13)2/h4-8,15H,3,9H2,1-2H3. The van der Waals surface area contributed by atoms with E-state index in [1.807, 2.05) is 42.8 Å². The van der Waals surface area contributed by atoms with Crippen LogP contribution in [0.2, 0.25) is 5.15 Å². The summed E-state index contributed by atoms with van der Waals surface area (Å²) in [7, 11) is 1.89. The van der Waals surface area contributed by atoms with Crippen molar-refractivity contribution in [2.24, 2.45) is 7.05 Å². The Morgan fingerprint density at radius 1 is 1.33 bits per heavy atom. The maximum atomic E-state index is 5.92. The van der Waals surface area contributed by atoms with Crippen LogP contribution >= 0.6 is 11.6 Å². The van der Waals surface area contributed by atoms with Crippen LogP contribution in [-0.2, 0) is 13.6 Å². The minimum absolute atomic E-state index is 0.636. The van der Waals surface area contributed by atoms with Crippen molar-refractivity contribution in [1.82, 2.24) is 9.55 Å². The van der Waals surface area contributed by atoms with Gasteiger partial charge in [0.25, 0.3) is 0 Å². The number of halogens is 1. The van der Waals surface area contributed by atoms with Crippen LogP contribution in [0.15, 0.2) is 30.5 Å². The fraction of sp³-hybridized carbons (Fsp3) is 0.308. The second-order valence-electron chi connectivity index (χ2n) is 3.87. The predicted molar refractivity (Wildman–Crippen MR) is 73.2 cm³/mol. The Bertz CT molecular complexity index is 507. The van der Waals surface area contributed by atoms with Gasteiger partial charge in [-0.15, -0.1) is 0 Å². The second-order valence-corrected chi connectivity index (χ2v) is 4.25. The highest BCUT2D eigenvalue weighted by Crippen LogP contribution is 2.16. The molecule has 96 valence electrons. The highest BCUT2D eigenvalue weighted by atomic mass is 35.5. The SMILES string of the molecule is CCOc1ccc(NCc2ncc(Cl)n2C)cc1. The molecule has 0 fully saturated rings. The van der Waals surface area contributed by atoms with E-state index in [1.54, 1.807) is 6.20 Å². The maximum Gasteiger partial charge on any atom is 0.128 e. The van der Waals surface area contributed by atoms with Gasteiger partial charge in [0.1, 0.15) is 16.7 Å². The summed E-state index contributed by atoms with van der Waals surface area (Å²) in [5.41, 5.74) is 1.03. The highest BCUT2D eigenvalue weighted by Gasteiger charge is 2.03. The summed E-state index contributed by atoms with van der Waals surface area (Å²) in [5, 5.41) is 3.92. The quantitative estimate of drug-likeness (QED) is 0.903. The fourth-order valence-corrected chi connectivity index (χ4v) is 1.75. The largest absolute Gasteiger partial charge is 0.494 e. The van der Waals surface area contributed by atoms with Crippen LogP contribution in [0, 0.1) is 0 Å². The third-order valence-corrected chi connectivity index (χ3v) is 2.99. The lowest BCUT2D eigenvalue weighted by Gasteiger charge is -2.08. The zero-order valence-electron chi connectivity index (χ0n) is 10.5. The van der Waals surface area contributed by atoms with Gasteiger partial charge in [-0.1, -0.05) is 11.6 Å². The monoisotopic (exact) mass is 265 g/mol. The van der Waals surface area contributed by atoms with Crippen molar-refractivity contribution < 1.29 is 4.74 Å². The Hall–Kier alpha value is -1.68. The predicted octanol–water partition coefficient (Wildman–Crippen LogP) is 3.08. The first kappa shape index (κ1) is 12.8. The lowest BCUT2D eigenvalue weighted by molar-refractivity contribution is 0.340. The topological polar surface area (TPSA) is 39.1 Å². The number of hydrogen-bond acceptors (Lipinski definition) is 3. The Labute approximate surface area is 112 Å². The van der Waals surface area contributed by atoms with Crippen LogP contribution in [-0.4, -0.2) is 16.2 Å². The van der Waals surface area contributed by atoms with Crippen molar-refractivity contribution >= 4 is 17.3 Å². The molecule has 4 nitrogen and oxygen atoms in total. The van der Waals surface area contributed by atoms with Crippen LogP contribution in [0.5, 0.6) is 5.75 Å². The van der Waals surface area contributed by atoms with Gasteiger partial charge in [0.15, 0.2) is 0 Å². The van der Waals surface area contributed by atoms with E-state index >= 15 is 0 Å². The number of imidazole rings is 1. The first-order chi connectivity index (χ1) is 8.70. The molecule has 0 radical (unpaired) electrons. The Balaban J connectivity index is 1.96. The lowest BCUT2D eigenvalue weighted by Crippen LogP contribution is -2.06. The van der Waals surface area contributed by atoms with E-state index in [4.69, 9.17) is 16.3 Å². The molecule has 0 spiro atoms. The molecule has 0 aliphatic heterocycles. The van der Waals surface area contributed by atoms with Crippen LogP contribution in [0.25, 0.3) is 0 Å². The number of nitrogens with one attached hydrogen (secondary N) is 1. The maximum absolute atomic E-state index is 5.92. The summed E-state index contributed by atoms with van der Waals surface area (Å²) in [4.78, 5) is 4.22. The van der Waals surface area contributed by atoms with Gasteiger partial charge in [0.2, 0.25) is 0 Å². The van der Waals surface area contributed by atoms with E-state index in [0.29, 0.717) is 18.3 Å². The molecule has 0 unspecified atom stereocenters. The molecule has 1 aromatic carbocycles. The molecule has 0 amide bonds. The summed E-state index contributed by atoms with van der Waals surface area (Å²) in [5.74, 6) is 1.77. The van der Waals surface area contributed by atoms with Crippen molar-refractivity contribution in [2.75, 3.05) is 11.9 Å². The minimum Gasteiger partial charge on any atom is -0.494 e. The Morgan fingerprint density at radius 2 is 2.06 bits per heavy atom. The van der Waals surface area contributed by atoms with Gasteiger partial charge in [0, 0.05) is 12.7 Å². The molecule has 0 aliphatic rings. The van der Waals surface area contributed by atoms with Crippen molar-refractivity contribution in [3.63, 3.8) is 0 Å². The highest BCUT2D eigenvalue weighted by molar-refractivity contribution is 6.29. The van der Waals surface area contributed by atoms with Gasteiger partial charge in [-0.3, -0.25) is 0 Å². The molecule has 0 saturated heterocycles. The molecular formula is C13H16ClN3O. The Morgan fingerprint density at radius 3 is 2.61 bits per heavy atom. The molecule has 5 heteroatoms. The van der Waals surface area contributed by atoms with Crippen molar-refractivity contribution in [1.29, 1.82) is 0 Å². The van der Waals surface area contributed by atoms with Gasteiger partial charge < -0.3 is 14.6 Å². The minimum atomic E-state index is 0.636. The van der Waals surface area contributed by atoms with Gasteiger partial charge >= 0.3 is 0 Å². The Kier molecular flexibility index (Phi) is 4.10. The van der Waals surface area contributed by atoms with Crippen molar-refractivity contribution in [2.45, 2.75) is 13.5 Å². The number of aromatic nitrogens is 2. The number of ether oxygens (including phenoxy) is 1. The van der Waals surface area contributed by atoms with Gasteiger partial charge in [-0.25, -0.2) is 4.98 Å². The molecule has 2 aromatic rings. The lowest BCUT2D eigenvalue weighted by atomic mass is 10.3. The molecule has 2 rings (SSSR count). The molecule has 0 atom stereocenters. The van der Waals surface area contributed by atoms with Crippen LogP contribution in [0.3, 0.4) is 0 Å². The summed E-state index contributed by atoms with van der Waals surface area (Å²) in [6.45, 7) is 3.28. The summed E-state index contributed by atoms with van der Waals surface area (Å²) < 4.78 is 7.23. The summed E-state index contributed by atoms with van der Waals surface area (Å²) in [6, 6.07) is 7.85. The van der Waals surface area contributed by atoms with Crippen molar-refractivity contribution in [3.8, 4) is 5.75 Å². The first-order valence-corrected chi connectivity index (χ1v) is 6.21. The zero-order valence-corrected chi connectivity index (χ0v) is 11.2. The normalized spacial score (nSPS) is 10.4. The second kappa shape index (κ2) is 5.78. The first-order valence-electron chi connectivity index (χ1n) is 5.83. The average molecular weight is 266 g/mol. The molecule has 0 bridgehead atoms. The van der Waals surface area contributed by atoms with E-state index in [-0.39, 0.29) is 0 Å². The van der Waals surface area contributed by atoms with E-state index in [9.17, 15) is 0 Å². The van der Waals surface area contributed by atoms with Crippen LogP contribution < -0.4 is 10.1 Å². The van der Waals surface area contributed by atoms with E-state index in [2.05, 4.69) is 10.3 Å². The van der Waals surface area contributed by atoms with E-state index in [1.165, 1.54) is 0 Å². The molecule has 1 N–H and O–H groups in total. The third-order valence-electron chi connectivity index (χ3n) is 2.64. The summed E-state index contributed by atoms with van der Waals surface area (Å²) >= 11 is 5.92. The van der Waals surface area contributed by atoms with Gasteiger partial charge in [-0.05, 0) is 31.2 Å². The summed E-state index contributed by atoms with van der Waals surface area (Å²) in [6.07, 6.45) is 1.65. The van der Waals surface area contributed by atoms with E-state index in [0.717, 1.165) is 17.3 Å². The fourth-order valence-electron chi connectivity index (χ4n) is 1.61. The molecule has 1 heterocycles. The van der Waals surface area contributed by atoms with Gasteiger partial charge in [-0.2, -0.15) is 0 Å². The van der Waals surface area contributed by atoms with E-state index < -0.39 is 0 Å². The smallest absolute Gasteiger partial charge is 0.128 e. The van der Waals surface area contributed by atoms with Crippen LogP contribution in [0.4, 0.5) is 5.69 Å². The third kappa shape index (κ3) is 2.96. The zero-order chi connectivity index (χ0) is 13.0. The number of nitrogens with zero attached hydrogens (tertiary/aromatic N) is 2. The molecule has 0 saturated carbocycles. The number of benzene rings is 1. The number of anilines is 1.